The van der Waals surface area contributed by atoms with Crippen LogP contribution in [0.3, 0.4) is 0 Å². The van der Waals surface area contributed by atoms with Crippen LogP contribution in [0, 0.1) is 0 Å². The first-order valence-electron chi connectivity index (χ1n) is 6.48. The molecule has 1 saturated heterocycles. The Labute approximate surface area is 109 Å². The van der Waals surface area contributed by atoms with Crippen LogP contribution in [0.5, 0.6) is 5.75 Å². The minimum absolute atomic E-state index is 0.320. The van der Waals surface area contributed by atoms with Gasteiger partial charge in [-0.05, 0) is 24.0 Å². The fraction of sp³-hybridized carbons (Fsp3) is 0.600. The second-order valence-electron chi connectivity index (χ2n) is 4.96. The molecule has 2 rings (SSSR count). The minimum Gasteiger partial charge on any atom is -0.496 e. The van der Waals surface area contributed by atoms with E-state index in [0.29, 0.717) is 19.1 Å². The summed E-state index contributed by atoms with van der Waals surface area (Å²) in [5.41, 5.74) is 2.08. The molecule has 0 amide bonds. The highest BCUT2D eigenvalue weighted by atomic mass is 16.6. The van der Waals surface area contributed by atoms with Crippen LogP contribution in [0.15, 0.2) is 18.2 Å². The van der Waals surface area contributed by atoms with E-state index in [2.05, 4.69) is 32.0 Å². The van der Waals surface area contributed by atoms with E-state index < -0.39 is 0 Å². The van der Waals surface area contributed by atoms with Gasteiger partial charge in [0.05, 0.1) is 20.3 Å². The topological polar surface area (TPSA) is 27.7 Å². The Kier molecular flexibility index (Phi) is 3.93. The summed E-state index contributed by atoms with van der Waals surface area (Å²) in [6, 6.07) is 6.42. The number of ether oxygens (including phenoxy) is 3. The third kappa shape index (κ3) is 2.13. The molecule has 0 N–H and O–H groups in total. The molecule has 1 aromatic rings. The molecule has 100 valence electrons. The average Bonchev–Trinajstić information content (AvgIpc) is 2.37. The summed E-state index contributed by atoms with van der Waals surface area (Å²) in [5.74, 6) is 1.45. The summed E-state index contributed by atoms with van der Waals surface area (Å²) in [6.45, 7) is 5.62. The quantitative estimate of drug-likeness (QED) is 0.803. The van der Waals surface area contributed by atoms with Gasteiger partial charge in [-0.15, -0.1) is 0 Å². The van der Waals surface area contributed by atoms with Gasteiger partial charge < -0.3 is 14.2 Å². The highest BCUT2D eigenvalue weighted by Crippen LogP contribution is 2.39. The summed E-state index contributed by atoms with van der Waals surface area (Å²) in [4.78, 5) is 0. The molecule has 1 fully saturated rings. The van der Waals surface area contributed by atoms with Crippen LogP contribution in [-0.4, -0.2) is 27.4 Å². The molecule has 1 unspecified atom stereocenters. The Morgan fingerprint density at radius 3 is 2.50 bits per heavy atom. The van der Waals surface area contributed by atoms with Gasteiger partial charge in [-0.1, -0.05) is 26.0 Å². The van der Waals surface area contributed by atoms with Crippen molar-refractivity contribution in [1.82, 2.24) is 0 Å². The van der Waals surface area contributed by atoms with Crippen LogP contribution in [0.2, 0.25) is 0 Å². The Balaban J connectivity index is 2.37. The van der Waals surface area contributed by atoms with Crippen molar-refractivity contribution in [3.05, 3.63) is 29.3 Å². The van der Waals surface area contributed by atoms with E-state index in [-0.39, 0.29) is 5.60 Å². The molecular weight excluding hydrogens is 228 g/mol. The van der Waals surface area contributed by atoms with E-state index in [4.69, 9.17) is 14.2 Å². The lowest BCUT2D eigenvalue weighted by Gasteiger charge is -2.41. The first-order chi connectivity index (χ1) is 8.66. The van der Waals surface area contributed by atoms with E-state index in [1.54, 1.807) is 14.2 Å². The summed E-state index contributed by atoms with van der Waals surface area (Å²) in [5, 5.41) is 0. The molecule has 1 aliphatic rings. The molecule has 3 heteroatoms. The van der Waals surface area contributed by atoms with Crippen molar-refractivity contribution in [2.45, 2.75) is 31.8 Å². The highest BCUT2D eigenvalue weighted by molar-refractivity contribution is 5.43. The van der Waals surface area contributed by atoms with Gasteiger partial charge in [0.2, 0.25) is 0 Å². The van der Waals surface area contributed by atoms with Crippen molar-refractivity contribution in [2.24, 2.45) is 0 Å². The highest BCUT2D eigenvalue weighted by Gasteiger charge is 2.42. The van der Waals surface area contributed by atoms with Gasteiger partial charge >= 0.3 is 0 Å². The fourth-order valence-electron chi connectivity index (χ4n) is 2.30. The summed E-state index contributed by atoms with van der Waals surface area (Å²) < 4.78 is 16.5. The molecule has 0 radical (unpaired) electrons. The van der Waals surface area contributed by atoms with Crippen LogP contribution in [0.4, 0.5) is 0 Å². The Hall–Kier alpha value is -1.06. The molecule has 0 aliphatic carbocycles. The smallest absolute Gasteiger partial charge is 0.143 e. The lowest BCUT2D eigenvalue weighted by atomic mass is 9.88. The average molecular weight is 250 g/mol. The van der Waals surface area contributed by atoms with E-state index in [1.807, 2.05) is 0 Å². The van der Waals surface area contributed by atoms with E-state index in [1.165, 1.54) is 5.56 Å². The van der Waals surface area contributed by atoms with Crippen molar-refractivity contribution in [3.8, 4) is 5.75 Å². The van der Waals surface area contributed by atoms with Crippen molar-refractivity contribution >= 4 is 0 Å². The van der Waals surface area contributed by atoms with Crippen LogP contribution in [-0.2, 0) is 15.1 Å². The lowest BCUT2D eigenvalue weighted by molar-refractivity contribution is -0.203. The molecule has 0 spiro atoms. The van der Waals surface area contributed by atoms with Gasteiger partial charge in [0, 0.05) is 12.7 Å². The van der Waals surface area contributed by atoms with Crippen LogP contribution in [0.25, 0.3) is 0 Å². The molecule has 1 atom stereocenters. The minimum atomic E-state index is -0.320. The zero-order chi connectivity index (χ0) is 13.2. The maximum Gasteiger partial charge on any atom is 0.143 e. The van der Waals surface area contributed by atoms with Gasteiger partial charge in [0.25, 0.3) is 0 Å². The number of methoxy groups -OCH3 is 2. The molecule has 18 heavy (non-hydrogen) atoms. The van der Waals surface area contributed by atoms with Gasteiger partial charge in [0.1, 0.15) is 11.4 Å². The first kappa shape index (κ1) is 13.4. The largest absolute Gasteiger partial charge is 0.496 e. The summed E-state index contributed by atoms with van der Waals surface area (Å²) in [7, 11) is 3.44. The molecule has 1 aliphatic heterocycles. The normalized spacial score (nSPS) is 19.1. The van der Waals surface area contributed by atoms with Crippen LogP contribution < -0.4 is 4.74 Å². The molecule has 1 aromatic carbocycles. The van der Waals surface area contributed by atoms with E-state index >= 15 is 0 Å². The van der Waals surface area contributed by atoms with Gasteiger partial charge in [-0.25, -0.2) is 0 Å². The lowest BCUT2D eigenvalue weighted by Crippen LogP contribution is -2.48. The molecule has 0 aromatic heterocycles. The third-order valence-electron chi connectivity index (χ3n) is 3.96. The van der Waals surface area contributed by atoms with Crippen LogP contribution in [0.1, 0.15) is 37.3 Å². The zero-order valence-corrected chi connectivity index (χ0v) is 11.7. The van der Waals surface area contributed by atoms with Gasteiger partial charge in [-0.2, -0.15) is 0 Å². The number of rotatable bonds is 5. The monoisotopic (exact) mass is 250 g/mol. The second-order valence-corrected chi connectivity index (χ2v) is 4.96. The van der Waals surface area contributed by atoms with Crippen molar-refractivity contribution in [2.75, 3.05) is 27.4 Å². The van der Waals surface area contributed by atoms with Crippen molar-refractivity contribution < 1.29 is 14.2 Å². The van der Waals surface area contributed by atoms with Crippen molar-refractivity contribution in [1.29, 1.82) is 0 Å². The van der Waals surface area contributed by atoms with Crippen LogP contribution >= 0.6 is 0 Å². The maximum absolute atomic E-state index is 5.62. The molecule has 3 nitrogen and oxygen atoms in total. The van der Waals surface area contributed by atoms with Gasteiger partial charge in [-0.3, -0.25) is 0 Å². The first-order valence-corrected chi connectivity index (χ1v) is 6.48. The zero-order valence-electron chi connectivity index (χ0n) is 11.7. The van der Waals surface area contributed by atoms with Gasteiger partial charge in [0.15, 0.2) is 0 Å². The summed E-state index contributed by atoms with van der Waals surface area (Å²) >= 11 is 0. The maximum atomic E-state index is 5.62. The number of hydrogen-bond donors (Lipinski definition) is 0. The molecule has 0 bridgehead atoms. The fourth-order valence-corrected chi connectivity index (χ4v) is 2.30. The standard InChI is InChI=1S/C15H22O3/c1-5-11(2)12-6-7-13(14(8-12)16-3)15(17-4)9-18-10-15/h6-8,11H,5,9-10H2,1-4H3. The summed E-state index contributed by atoms with van der Waals surface area (Å²) in [6.07, 6.45) is 1.13. The predicted octanol–water partition coefficient (Wildman–Crippen LogP) is 3.08. The van der Waals surface area contributed by atoms with Crippen molar-refractivity contribution in [3.63, 3.8) is 0 Å². The molecule has 1 heterocycles. The Bertz CT molecular complexity index is 405. The molecule has 0 saturated carbocycles. The number of hydrogen-bond acceptors (Lipinski definition) is 3. The SMILES string of the molecule is CCC(C)c1ccc(C2(OC)COC2)c(OC)c1. The van der Waals surface area contributed by atoms with E-state index in [0.717, 1.165) is 17.7 Å². The Morgan fingerprint density at radius 1 is 1.33 bits per heavy atom. The third-order valence-corrected chi connectivity index (χ3v) is 3.96. The Morgan fingerprint density at radius 2 is 2.06 bits per heavy atom. The number of benzene rings is 1. The van der Waals surface area contributed by atoms with E-state index in [9.17, 15) is 0 Å². The molecular formula is C15H22O3. The second kappa shape index (κ2) is 5.29. The predicted molar refractivity (Wildman–Crippen MR) is 71.2 cm³/mol.